The van der Waals surface area contributed by atoms with E-state index in [0.29, 0.717) is 18.5 Å². The lowest BCUT2D eigenvalue weighted by atomic mass is 9.85. The Bertz CT molecular complexity index is 941. The molecule has 0 unspecified atom stereocenters. The summed E-state index contributed by atoms with van der Waals surface area (Å²) in [7, 11) is 0. The van der Waals surface area contributed by atoms with Crippen molar-refractivity contribution in [1.29, 1.82) is 0 Å². The Morgan fingerprint density at radius 1 is 0.966 bits per heavy atom. The van der Waals surface area contributed by atoms with Crippen LogP contribution in [-0.2, 0) is 14.4 Å². The van der Waals surface area contributed by atoms with E-state index in [0.717, 1.165) is 16.1 Å². The van der Waals surface area contributed by atoms with Crippen molar-refractivity contribution >= 4 is 40.9 Å². The van der Waals surface area contributed by atoms with Crippen molar-refractivity contribution < 1.29 is 14.4 Å². The summed E-state index contributed by atoms with van der Waals surface area (Å²) in [5, 5.41) is 2.87. The predicted octanol–water partition coefficient (Wildman–Crippen LogP) is 4.18. The van der Waals surface area contributed by atoms with Gasteiger partial charge in [-0.15, -0.1) is 11.8 Å². The molecule has 2 atom stereocenters. The number of carbonyl (C=O) groups excluding carboxylic acids is 3. The molecule has 0 radical (unpaired) electrons. The number of hydrogen-bond acceptors (Lipinski definition) is 4. The van der Waals surface area contributed by atoms with Crippen LogP contribution in [0.15, 0.2) is 65.6 Å². The zero-order valence-corrected chi connectivity index (χ0v) is 16.9. The van der Waals surface area contributed by atoms with Crippen LogP contribution < -0.4 is 10.2 Å². The Labute approximate surface area is 174 Å². The molecule has 2 aromatic rings. The van der Waals surface area contributed by atoms with Crippen LogP contribution in [0.2, 0.25) is 0 Å². The third-order valence-corrected chi connectivity index (χ3v) is 6.32. The van der Waals surface area contributed by atoms with Gasteiger partial charge in [0.1, 0.15) is 0 Å². The van der Waals surface area contributed by atoms with E-state index < -0.39 is 0 Å². The molecule has 2 aliphatic rings. The number of allylic oxidation sites excluding steroid dienone is 2. The second-order valence-electron chi connectivity index (χ2n) is 7.36. The van der Waals surface area contributed by atoms with Gasteiger partial charge in [-0.1, -0.05) is 29.8 Å². The molecule has 29 heavy (non-hydrogen) atoms. The second-order valence-corrected chi connectivity index (χ2v) is 8.41. The molecule has 0 aromatic heterocycles. The average Bonchev–Trinajstić information content (AvgIpc) is 2.99. The van der Waals surface area contributed by atoms with E-state index in [1.54, 1.807) is 12.1 Å². The zero-order chi connectivity index (χ0) is 20.4. The highest BCUT2D eigenvalue weighted by atomic mass is 32.2. The summed E-state index contributed by atoms with van der Waals surface area (Å²) in [4.78, 5) is 39.7. The molecule has 2 aromatic carbocycles. The molecule has 0 bridgehead atoms. The van der Waals surface area contributed by atoms with Crippen molar-refractivity contribution in [3.63, 3.8) is 0 Å². The van der Waals surface area contributed by atoms with Crippen molar-refractivity contribution in [3.8, 4) is 0 Å². The van der Waals surface area contributed by atoms with Crippen LogP contribution in [0.3, 0.4) is 0 Å². The monoisotopic (exact) mass is 406 g/mol. The number of thioether (sulfide) groups is 1. The lowest BCUT2D eigenvalue weighted by molar-refractivity contribution is -0.122. The van der Waals surface area contributed by atoms with Crippen LogP contribution in [0.4, 0.5) is 11.4 Å². The first-order chi connectivity index (χ1) is 14.0. The van der Waals surface area contributed by atoms with Crippen LogP contribution in [0, 0.1) is 18.8 Å². The van der Waals surface area contributed by atoms with Crippen LogP contribution in [0.5, 0.6) is 0 Å². The summed E-state index contributed by atoms with van der Waals surface area (Å²) in [6.45, 7) is 2.00. The number of nitrogens with one attached hydrogen (secondary N) is 1. The van der Waals surface area contributed by atoms with Crippen molar-refractivity contribution in [3.05, 3.63) is 66.2 Å². The largest absolute Gasteiger partial charge is 0.325 e. The number of anilines is 2. The van der Waals surface area contributed by atoms with Crippen LogP contribution in [0.1, 0.15) is 18.4 Å². The number of carbonyl (C=O) groups is 3. The molecule has 148 valence electrons. The van der Waals surface area contributed by atoms with Gasteiger partial charge in [-0.25, -0.2) is 0 Å². The van der Waals surface area contributed by atoms with Gasteiger partial charge in [0.15, 0.2) is 0 Å². The minimum absolute atomic E-state index is 0.0793. The molecule has 1 heterocycles. The summed E-state index contributed by atoms with van der Waals surface area (Å²) in [5.74, 6) is -0.474. The number of amides is 3. The molecular weight excluding hydrogens is 384 g/mol. The fraction of sp³-hybridized carbons (Fsp3) is 0.261. The normalized spacial score (nSPS) is 20.7. The fourth-order valence-corrected chi connectivity index (χ4v) is 4.43. The Morgan fingerprint density at radius 2 is 1.55 bits per heavy atom. The highest BCUT2D eigenvalue weighted by molar-refractivity contribution is 8.00. The Morgan fingerprint density at radius 3 is 2.14 bits per heavy atom. The second kappa shape index (κ2) is 8.25. The smallest absolute Gasteiger partial charge is 0.238 e. The molecule has 1 N–H and O–H groups in total. The van der Waals surface area contributed by atoms with Gasteiger partial charge in [0, 0.05) is 10.6 Å². The number of benzene rings is 2. The SMILES string of the molecule is Cc1ccc(NC(=O)CSc2ccc(N3C(=O)[C@@H]4CC=CC[C@H]4C3=O)cc2)cc1. The molecule has 0 saturated carbocycles. The van der Waals surface area contributed by atoms with Gasteiger partial charge >= 0.3 is 0 Å². The number of hydrogen-bond donors (Lipinski definition) is 1. The van der Waals surface area contributed by atoms with Gasteiger partial charge in [0.2, 0.25) is 17.7 Å². The van der Waals surface area contributed by atoms with E-state index in [9.17, 15) is 14.4 Å². The number of rotatable bonds is 5. The van der Waals surface area contributed by atoms with E-state index in [1.165, 1.54) is 16.7 Å². The average molecular weight is 407 g/mol. The Balaban J connectivity index is 1.36. The number of imide groups is 1. The fourth-order valence-electron chi connectivity index (χ4n) is 3.73. The molecule has 1 saturated heterocycles. The third-order valence-electron chi connectivity index (χ3n) is 5.31. The molecule has 0 spiro atoms. The van der Waals surface area contributed by atoms with Crippen molar-refractivity contribution in [1.82, 2.24) is 0 Å². The first-order valence-corrected chi connectivity index (χ1v) is 10.6. The maximum Gasteiger partial charge on any atom is 0.238 e. The van der Waals surface area contributed by atoms with Gasteiger partial charge in [-0.3, -0.25) is 19.3 Å². The van der Waals surface area contributed by atoms with Crippen LogP contribution >= 0.6 is 11.8 Å². The van der Waals surface area contributed by atoms with Crippen molar-refractivity contribution in [2.75, 3.05) is 16.0 Å². The maximum atomic E-state index is 12.7. The molecular formula is C23H22N2O3S. The molecule has 4 rings (SSSR count). The summed E-state index contributed by atoms with van der Waals surface area (Å²) in [6, 6.07) is 14.9. The molecule has 1 aliphatic carbocycles. The minimum Gasteiger partial charge on any atom is -0.325 e. The number of aryl methyl sites for hydroxylation is 1. The maximum absolute atomic E-state index is 12.7. The third kappa shape index (κ3) is 4.12. The summed E-state index contributed by atoms with van der Waals surface area (Å²) < 4.78 is 0. The van der Waals surface area contributed by atoms with Crippen molar-refractivity contribution in [2.45, 2.75) is 24.7 Å². The highest BCUT2D eigenvalue weighted by Gasteiger charge is 2.47. The van der Waals surface area contributed by atoms with E-state index in [2.05, 4.69) is 5.32 Å². The van der Waals surface area contributed by atoms with Gasteiger partial charge in [-0.2, -0.15) is 0 Å². The Kier molecular flexibility index (Phi) is 5.53. The highest BCUT2D eigenvalue weighted by Crippen LogP contribution is 2.38. The van der Waals surface area contributed by atoms with E-state index in [4.69, 9.17) is 0 Å². The summed E-state index contributed by atoms with van der Waals surface area (Å²) in [6.07, 6.45) is 5.24. The van der Waals surface area contributed by atoms with E-state index in [1.807, 2.05) is 55.5 Å². The lowest BCUT2D eigenvalue weighted by Gasteiger charge is -2.15. The van der Waals surface area contributed by atoms with Crippen LogP contribution in [0.25, 0.3) is 0 Å². The summed E-state index contributed by atoms with van der Waals surface area (Å²) >= 11 is 1.41. The number of fused-ring (bicyclic) bond motifs is 1. The van der Waals surface area contributed by atoms with E-state index >= 15 is 0 Å². The standard InChI is InChI=1S/C23H22N2O3S/c1-15-6-8-16(9-7-15)24-21(26)14-29-18-12-10-17(11-13-18)25-22(27)19-4-2-3-5-20(19)23(25)28/h2-3,6-13,19-20H,4-5,14H2,1H3,(H,24,26)/t19-,20-/m1/s1. The Hall–Kier alpha value is -2.86. The molecule has 1 fully saturated rings. The summed E-state index contributed by atoms with van der Waals surface area (Å²) in [5.41, 5.74) is 2.52. The lowest BCUT2D eigenvalue weighted by Crippen LogP contribution is -2.30. The molecule has 1 aliphatic heterocycles. The molecule has 3 amide bonds. The van der Waals surface area contributed by atoms with Gasteiger partial charge in [0.05, 0.1) is 23.3 Å². The van der Waals surface area contributed by atoms with Crippen molar-refractivity contribution in [2.24, 2.45) is 11.8 Å². The van der Waals surface area contributed by atoms with Crippen LogP contribution in [-0.4, -0.2) is 23.5 Å². The first kappa shape index (κ1) is 19.5. The zero-order valence-electron chi connectivity index (χ0n) is 16.1. The predicted molar refractivity (Wildman–Crippen MR) is 115 cm³/mol. The quantitative estimate of drug-likeness (QED) is 0.460. The van der Waals surface area contributed by atoms with Gasteiger partial charge in [0.25, 0.3) is 0 Å². The number of nitrogens with zero attached hydrogens (tertiary/aromatic N) is 1. The first-order valence-electron chi connectivity index (χ1n) is 9.65. The topological polar surface area (TPSA) is 66.5 Å². The molecule has 5 nitrogen and oxygen atoms in total. The minimum atomic E-state index is -0.230. The van der Waals surface area contributed by atoms with E-state index in [-0.39, 0.29) is 35.3 Å². The van der Waals surface area contributed by atoms with Gasteiger partial charge in [-0.05, 0) is 56.2 Å². The van der Waals surface area contributed by atoms with Gasteiger partial charge < -0.3 is 5.32 Å². The molecule has 6 heteroatoms.